The van der Waals surface area contributed by atoms with E-state index in [1.165, 1.54) is 4.88 Å². The lowest BCUT2D eigenvalue weighted by atomic mass is 10.1. The Bertz CT molecular complexity index is 359. The number of allylic oxidation sites excluding steroid dienone is 1. The largest absolute Gasteiger partial charge is 0.496 e. The number of aromatic nitrogens is 1. The summed E-state index contributed by atoms with van der Waals surface area (Å²) in [6.07, 6.45) is 4.43. The normalized spacial score (nSPS) is 18.1. The van der Waals surface area contributed by atoms with Gasteiger partial charge >= 0.3 is 0 Å². The summed E-state index contributed by atoms with van der Waals surface area (Å²) < 4.78 is 5.69. The van der Waals surface area contributed by atoms with Gasteiger partial charge in [0.2, 0.25) is 0 Å². The Kier molecular flexibility index (Phi) is 3.38. The standard InChI is InChI=1S/C11H16N2OS/c1-8-11(15-7-13-8)10(12-2)9-5-3-4-6-14-9/h5,7,10,12H,3-4,6H2,1-2H3. The van der Waals surface area contributed by atoms with Gasteiger partial charge in [0.15, 0.2) is 0 Å². The molecular weight excluding hydrogens is 208 g/mol. The number of thiazole rings is 1. The van der Waals surface area contributed by atoms with E-state index < -0.39 is 0 Å². The third-order valence-corrected chi connectivity index (χ3v) is 3.58. The summed E-state index contributed by atoms with van der Waals surface area (Å²) in [5, 5.41) is 3.29. The first-order valence-corrected chi connectivity index (χ1v) is 6.11. The van der Waals surface area contributed by atoms with E-state index in [2.05, 4.69) is 16.4 Å². The Morgan fingerprint density at radius 1 is 1.60 bits per heavy atom. The second kappa shape index (κ2) is 4.77. The zero-order valence-electron chi connectivity index (χ0n) is 9.12. The molecule has 0 bridgehead atoms. The summed E-state index contributed by atoms with van der Waals surface area (Å²) in [7, 11) is 1.96. The molecule has 1 aliphatic heterocycles. The van der Waals surface area contributed by atoms with Crippen molar-refractivity contribution in [1.29, 1.82) is 0 Å². The second-order valence-corrected chi connectivity index (χ2v) is 4.51. The molecule has 0 radical (unpaired) electrons. The average molecular weight is 224 g/mol. The minimum absolute atomic E-state index is 0.179. The van der Waals surface area contributed by atoms with Crippen LogP contribution in [0.25, 0.3) is 0 Å². The van der Waals surface area contributed by atoms with E-state index in [9.17, 15) is 0 Å². The molecule has 0 aromatic carbocycles. The molecule has 0 aliphatic carbocycles. The molecule has 1 aromatic heterocycles. The van der Waals surface area contributed by atoms with Crippen LogP contribution in [0.2, 0.25) is 0 Å². The third kappa shape index (κ3) is 2.21. The molecule has 0 saturated carbocycles. The maximum absolute atomic E-state index is 5.69. The third-order valence-electron chi connectivity index (χ3n) is 2.58. The summed E-state index contributed by atoms with van der Waals surface area (Å²) in [6.45, 7) is 2.88. The Balaban J connectivity index is 2.24. The van der Waals surface area contributed by atoms with E-state index in [-0.39, 0.29) is 6.04 Å². The minimum Gasteiger partial charge on any atom is -0.496 e. The number of ether oxygens (including phenoxy) is 1. The number of hydrogen-bond acceptors (Lipinski definition) is 4. The number of rotatable bonds is 3. The van der Waals surface area contributed by atoms with Gasteiger partial charge in [-0.25, -0.2) is 4.98 Å². The lowest BCUT2D eigenvalue weighted by Gasteiger charge is -2.22. The van der Waals surface area contributed by atoms with Gasteiger partial charge in [-0.1, -0.05) is 0 Å². The molecule has 3 nitrogen and oxygen atoms in total. The summed E-state index contributed by atoms with van der Waals surface area (Å²) in [5.74, 6) is 1.05. The minimum atomic E-state index is 0.179. The van der Waals surface area contributed by atoms with Gasteiger partial charge in [0.05, 0.1) is 22.7 Å². The predicted molar refractivity (Wildman–Crippen MR) is 61.9 cm³/mol. The summed E-state index contributed by atoms with van der Waals surface area (Å²) in [5.41, 5.74) is 2.98. The van der Waals surface area contributed by atoms with Crippen LogP contribution >= 0.6 is 11.3 Å². The van der Waals surface area contributed by atoms with Crippen LogP contribution in [-0.4, -0.2) is 18.6 Å². The number of nitrogens with one attached hydrogen (secondary N) is 1. The molecule has 4 heteroatoms. The van der Waals surface area contributed by atoms with Crippen LogP contribution < -0.4 is 5.32 Å². The number of hydrogen-bond donors (Lipinski definition) is 1. The molecule has 2 heterocycles. The van der Waals surface area contributed by atoms with E-state index in [1.807, 2.05) is 19.5 Å². The van der Waals surface area contributed by atoms with Crippen molar-refractivity contribution in [2.75, 3.05) is 13.7 Å². The fourth-order valence-corrected chi connectivity index (χ4v) is 2.69. The van der Waals surface area contributed by atoms with Crippen LogP contribution in [0, 0.1) is 6.92 Å². The molecule has 0 spiro atoms. The van der Waals surface area contributed by atoms with E-state index in [0.717, 1.165) is 30.9 Å². The molecule has 82 valence electrons. The highest BCUT2D eigenvalue weighted by atomic mass is 32.1. The van der Waals surface area contributed by atoms with Crippen LogP contribution in [0.5, 0.6) is 0 Å². The first-order chi connectivity index (χ1) is 7.33. The fraction of sp³-hybridized carbons (Fsp3) is 0.545. The average Bonchev–Trinajstić information content (AvgIpc) is 2.68. The molecule has 1 unspecified atom stereocenters. The summed E-state index contributed by atoms with van der Waals surface area (Å²) in [6, 6.07) is 0.179. The van der Waals surface area contributed by atoms with Crippen LogP contribution in [0.4, 0.5) is 0 Å². The Labute approximate surface area is 94.2 Å². The number of nitrogens with zero attached hydrogens (tertiary/aromatic N) is 1. The SMILES string of the molecule is CNC(C1=CCCCO1)c1scnc1C. The van der Waals surface area contributed by atoms with Gasteiger partial charge in [-0.05, 0) is 32.9 Å². The van der Waals surface area contributed by atoms with Crippen molar-refractivity contribution in [1.82, 2.24) is 10.3 Å². The van der Waals surface area contributed by atoms with Crippen molar-refractivity contribution in [3.63, 3.8) is 0 Å². The van der Waals surface area contributed by atoms with Gasteiger partial charge in [-0.2, -0.15) is 0 Å². The van der Waals surface area contributed by atoms with Crippen molar-refractivity contribution >= 4 is 11.3 Å². The van der Waals surface area contributed by atoms with Crippen molar-refractivity contribution in [2.45, 2.75) is 25.8 Å². The van der Waals surface area contributed by atoms with Crippen LogP contribution in [0.1, 0.15) is 29.5 Å². The first kappa shape index (κ1) is 10.6. The van der Waals surface area contributed by atoms with E-state index in [1.54, 1.807) is 11.3 Å². The molecule has 0 amide bonds. The molecule has 15 heavy (non-hydrogen) atoms. The van der Waals surface area contributed by atoms with Gasteiger partial charge in [0.1, 0.15) is 11.8 Å². The highest BCUT2D eigenvalue weighted by molar-refractivity contribution is 7.09. The second-order valence-electron chi connectivity index (χ2n) is 3.62. The molecule has 0 fully saturated rings. The zero-order valence-corrected chi connectivity index (χ0v) is 9.93. The van der Waals surface area contributed by atoms with E-state index >= 15 is 0 Å². The maximum atomic E-state index is 5.69. The van der Waals surface area contributed by atoms with Gasteiger partial charge in [-0.15, -0.1) is 11.3 Å². The smallest absolute Gasteiger partial charge is 0.114 e. The van der Waals surface area contributed by atoms with E-state index in [4.69, 9.17) is 4.74 Å². The van der Waals surface area contributed by atoms with Crippen LogP contribution in [0.3, 0.4) is 0 Å². The van der Waals surface area contributed by atoms with Gasteiger partial charge in [-0.3, -0.25) is 0 Å². The molecule has 1 N–H and O–H groups in total. The predicted octanol–water partition coefficient (Wildman–Crippen LogP) is 2.41. The highest BCUT2D eigenvalue weighted by Crippen LogP contribution is 2.30. The quantitative estimate of drug-likeness (QED) is 0.856. The Morgan fingerprint density at radius 3 is 3.00 bits per heavy atom. The Morgan fingerprint density at radius 2 is 2.47 bits per heavy atom. The highest BCUT2D eigenvalue weighted by Gasteiger charge is 2.21. The van der Waals surface area contributed by atoms with Gasteiger partial charge < -0.3 is 10.1 Å². The molecule has 1 atom stereocenters. The molecule has 1 aromatic rings. The van der Waals surface area contributed by atoms with Gasteiger partial charge in [0.25, 0.3) is 0 Å². The number of likely N-dealkylation sites (N-methyl/N-ethyl adjacent to an activating group) is 1. The van der Waals surface area contributed by atoms with Crippen molar-refractivity contribution in [3.05, 3.63) is 27.9 Å². The van der Waals surface area contributed by atoms with Crippen molar-refractivity contribution in [3.8, 4) is 0 Å². The van der Waals surface area contributed by atoms with Crippen LogP contribution in [0.15, 0.2) is 17.3 Å². The van der Waals surface area contributed by atoms with Crippen LogP contribution in [-0.2, 0) is 4.74 Å². The molecule has 0 saturated heterocycles. The molecular formula is C11H16N2OS. The summed E-state index contributed by atoms with van der Waals surface area (Å²) in [4.78, 5) is 5.53. The molecule has 2 rings (SSSR count). The molecule has 1 aliphatic rings. The zero-order chi connectivity index (χ0) is 10.7. The lowest BCUT2D eigenvalue weighted by Crippen LogP contribution is -2.21. The lowest BCUT2D eigenvalue weighted by molar-refractivity contribution is 0.170. The first-order valence-electron chi connectivity index (χ1n) is 5.23. The van der Waals surface area contributed by atoms with Crippen molar-refractivity contribution < 1.29 is 4.74 Å². The van der Waals surface area contributed by atoms with Gasteiger partial charge in [0, 0.05) is 0 Å². The Hall–Kier alpha value is -0.870. The van der Waals surface area contributed by atoms with E-state index in [0.29, 0.717) is 0 Å². The summed E-state index contributed by atoms with van der Waals surface area (Å²) >= 11 is 1.68. The maximum Gasteiger partial charge on any atom is 0.114 e. The number of aryl methyl sites for hydroxylation is 1. The monoisotopic (exact) mass is 224 g/mol. The fourth-order valence-electron chi connectivity index (χ4n) is 1.77. The topological polar surface area (TPSA) is 34.1 Å². The van der Waals surface area contributed by atoms with Crippen molar-refractivity contribution in [2.24, 2.45) is 0 Å².